The van der Waals surface area contributed by atoms with E-state index in [1.54, 1.807) is 6.11 Å². The minimum Gasteiger partial charge on any atom is -0.507 e. The average molecular weight is 937 g/mol. The highest BCUT2D eigenvalue weighted by Crippen LogP contribution is 2.52. The van der Waals surface area contributed by atoms with Gasteiger partial charge in [0, 0.05) is 41.6 Å². The highest BCUT2D eigenvalue weighted by Gasteiger charge is 2.51. The maximum absolute atomic E-state index is 14.0. The van der Waals surface area contributed by atoms with E-state index in [0.717, 1.165) is 0 Å². The fourth-order valence-electron chi connectivity index (χ4n) is 8.39. The molecule has 7 rings (SSSR count). The minimum absolute atomic E-state index is 0.0181. The van der Waals surface area contributed by atoms with Crippen LogP contribution in [0.3, 0.4) is 0 Å². The van der Waals surface area contributed by atoms with E-state index in [1.165, 1.54) is 56.5 Å². The van der Waals surface area contributed by atoms with Gasteiger partial charge in [0.25, 0.3) is 0 Å². The summed E-state index contributed by atoms with van der Waals surface area (Å²) < 4.78 is 37.1. The number of Topliss-reactive ketones (excluding diaryl/α,β-unsaturated/α-hetero) is 1. The first kappa shape index (κ1) is 48.2. The number of ketones is 3. The molecule has 2 fully saturated rings. The lowest BCUT2D eigenvalue weighted by molar-refractivity contribution is -0.277. The van der Waals surface area contributed by atoms with Crippen molar-refractivity contribution in [2.75, 3.05) is 19.0 Å². The van der Waals surface area contributed by atoms with Crippen LogP contribution in [0.1, 0.15) is 74.4 Å². The van der Waals surface area contributed by atoms with Crippen LogP contribution in [0.15, 0.2) is 42.5 Å². The number of hydrogen-bond donors (Lipinski definition) is 10. The van der Waals surface area contributed by atoms with E-state index >= 15 is 0 Å². The second-order valence-corrected chi connectivity index (χ2v) is 16.0. The van der Waals surface area contributed by atoms with Gasteiger partial charge in [0.2, 0.25) is 12.1 Å². The molecule has 10 N–H and O–H groups in total. The summed E-state index contributed by atoms with van der Waals surface area (Å²) in [4.78, 5) is 78.3. The summed E-state index contributed by atoms with van der Waals surface area (Å²) in [5, 5.41) is 91.0. The van der Waals surface area contributed by atoms with E-state index in [-0.39, 0.29) is 46.7 Å². The van der Waals surface area contributed by atoms with Gasteiger partial charge in [-0.3, -0.25) is 19.7 Å². The van der Waals surface area contributed by atoms with Gasteiger partial charge < -0.3 is 79.3 Å². The third-order valence-corrected chi connectivity index (χ3v) is 11.8. The Morgan fingerprint density at radius 3 is 2.27 bits per heavy atom. The number of methoxy groups -OCH3 is 1. The van der Waals surface area contributed by atoms with Crippen molar-refractivity contribution in [1.82, 2.24) is 5.32 Å². The number of amides is 2. The second-order valence-electron chi connectivity index (χ2n) is 16.0. The monoisotopic (exact) mass is 936 g/mol. The third-order valence-electron chi connectivity index (χ3n) is 11.8. The first-order valence-corrected chi connectivity index (χ1v) is 20.4. The maximum atomic E-state index is 14.0. The molecule has 0 bridgehead atoms. The van der Waals surface area contributed by atoms with E-state index in [0.29, 0.717) is 5.56 Å². The van der Waals surface area contributed by atoms with Crippen molar-refractivity contribution in [1.29, 1.82) is 0 Å². The Kier molecular flexibility index (Phi) is 13.9. The number of carbonyl (C=O) groups excluding carboxylic acids is 6. The van der Waals surface area contributed by atoms with Gasteiger partial charge in [0.15, 0.2) is 24.0 Å². The number of aliphatic hydroxyl groups excluding tert-OH is 5. The van der Waals surface area contributed by atoms with Gasteiger partial charge in [-0.05, 0) is 30.7 Å². The molecule has 2 amide bonds. The van der Waals surface area contributed by atoms with Crippen LogP contribution in [0.2, 0.25) is 0 Å². The largest absolute Gasteiger partial charge is 0.507 e. The van der Waals surface area contributed by atoms with Crippen molar-refractivity contribution in [3.05, 3.63) is 81.4 Å². The number of phenols is 2. The second kappa shape index (κ2) is 19.2. The lowest BCUT2D eigenvalue weighted by Crippen LogP contribution is -2.61. The summed E-state index contributed by atoms with van der Waals surface area (Å²) in [6.45, 7) is -0.0113. The number of rotatable bonds is 11. The van der Waals surface area contributed by atoms with Crippen molar-refractivity contribution in [3.63, 3.8) is 0 Å². The molecule has 356 valence electrons. The Bertz CT molecular complexity index is 2520. The van der Waals surface area contributed by atoms with Crippen LogP contribution < -0.4 is 15.4 Å². The number of aromatic hydroxyl groups is 2. The third kappa shape index (κ3) is 9.22. The van der Waals surface area contributed by atoms with Crippen molar-refractivity contribution >= 4 is 41.2 Å². The lowest BCUT2D eigenvalue weighted by atomic mass is 9.72. The van der Waals surface area contributed by atoms with E-state index < -0.39 is 145 Å². The summed E-state index contributed by atoms with van der Waals surface area (Å²) in [6, 6.07) is 8.74. The molecule has 2 aliphatic carbocycles. The fraction of sp³-hybridized carbons (Fsp3) is 0.409. The fourth-order valence-corrected chi connectivity index (χ4v) is 8.39. The smallest absolute Gasteiger partial charge is 0.414 e. The van der Waals surface area contributed by atoms with Crippen molar-refractivity contribution in [2.45, 2.75) is 99.7 Å². The normalized spacial score (nSPS) is 28.6. The Hall–Kier alpha value is -6.72. The zero-order valence-electron chi connectivity index (χ0n) is 35.3. The Labute approximate surface area is 378 Å². The van der Waals surface area contributed by atoms with Crippen LogP contribution in [-0.4, -0.2) is 151 Å². The standard InChI is InChI=1S/C44H44N2O21/c1-4-62-40(57)39-37(55)36(54)38(56)41(66-39)67-43(59)45-19-10-8-18(9-11-19)16-63-42(58)46-22-12-26(64-17(2)31(22)49)65-24-14-44(60,25(48)15-47)13-21-28(24)35(53)30-29(33(21)51)32(50)20-6-5-7-23(61-3)27(20)34(30)52/h1,5-11,17,22,24,26,31,36-39,41,47,49,51,53-56,60H,12-16H2,2-3H3,(H,45,59)(H,46,58)/t17-,22-,24-,26-,31+,36-,37-,38+,39-,41-,44-/m0/s1. The predicted octanol–water partition coefficient (Wildman–Crippen LogP) is -0.541. The van der Waals surface area contributed by atoms with E-state index in [2.05, 4.69) is 15.4 Å². The first-order chi connectivity index (χ1) is 31.8. The van der Waals surface area contributed by atoms with E-state index in [9.17, 15) is 69.6 Å². The molecule has 67 heavy (non-hydrogen) atoms. The SMILES string of the molecule is C#COC(=O)[C@H]1O[C@@H](OC(=O)Nc2ccc(COC(=O)N[C@H]3C[C@H](O[C@H]4C[C@](O)(C(=O)CO)Cc5c(O)c6c(c(O)c54)C(=O)c4c(OC)cccc4C6=O)O[C@@H](C)[C@H]3O)cc2)[C@H](O)[C@@H](O)[C@@H]1O. The summed E-state index contributed by atoms with van der Waals surface area (Å²) >= 11 is 0. The van der Waals surface area contributed by atoms with Crippen LogP contribution in [0.4, 0.5) is 15.3 Å². The average Bonchev–Trinajstić information content (AvgIpc) is 3.30. The number of alkyl carbamates (subject to hydrolysis) is 1. The molecule has 0 spiro atoms. The maximum Gasteiger partial charge on any atom is 0.414 e. The quantitative estimate of drug-likeness (QED) is 0.0391. The summed E-state index contributed by atoms with van der Waals surface area (Å²) in [6.07, 6.45) is -12.4. The number of fused-ring (bicyclic) bond motifs is 3. The van der Waals surface area contributed by atoms with E-state index in [4.69, 9.17) is 34.8 Å². The van der Waals surface area contributed by atoms with Gasteiger partial charge in [-0.15, -0.1) is 0 Å². The molecule has 3 aromatic rings. The zero-order valence-corrected chi connectivity index (χ0v) is 35.3. The number of phenolic OH excluding ortho intramolecular Hbond substituents is 2. The summed E-state index contributed by atoms with van der Waals surface area (Å²) in [5.74, 6) is -5.68. The van der Waals surface area contributed by atoms with Crippen molar-refractivity contribution in [2.24, 2.45) is 0 Å². The van der Waals surface area contributed by atoms with Gasteiger partial charge in [-0.25, -0.2) is 14.4 Å². The molecular formula is C44H44N2O21. The molecule has 0 radical (unpaired) electrons. The lowest BCUT2D eigenvalue weighted by Gasteiger charge is -2.42. The number of terminal acetylenes is 1. The molecule has 0 unspecified atom stereocenters. The summed E-state index contributed by atoms with van der Waals surface area (Å²) in [5.41, 5.74) is -3.92. The number of benzene rings is 3. The van der Waals surface area contributed by atoms with Crippen LogP contribution in [0.25, 0.3) is 0 Å². The molecule has 3 aromatic carbocycles. The van der Waals surface area contributed by atoms with Gasteiger partial charge >= 0.3 is 18.2 Å². The number of nitrogens with one attached hydrogen (secondary N) is 2. The van der Waals surface area contributed by atoms with Crippen molar-refractivity contribution in [3.8, 4) is 29.8 Å². The molecule has 2 aliphatic heterocycles. The molecule has 0 aromatic heterocycles. The Morgan fingerprint density at radius 2 is 1.60 bits per heavy atom. The van der Waals surface area contributed by atoms with Gasteiger partial charge in [-0.1, -0.05) is 30.7 Å². The Balaban J connectivity index is 1.01. The number of aliphatic hydroxyl groups is 6. The molecular weight excluding hydrogens is 892 g/mol. The molecule has 2 heterocycles. The number of esters is 1. The van der Waals surface area contributed by atoms with Crippen LogP contribution in [0, 0.1) is 12.5 Å². The molecule has 23 nitrogen and oxygen atoms in total. The van der Waals surface area contributed by atoms with Gasteiger partial charge in [0.1, 0.15) is 66.6 Å². The number of ether oxygens (including phenoxy) is 7. The van der Waals surface area contributed by atoms with Gasteiger partial charge in [0.05, 0.1) is 42.0 Å². The van der Waals surface area contributed by atoms with E-state index in [1.807, 2.05) is 0 Å². The molecule has 2 saturated heterocycles. The zero-order chi connectivity index (χ0) is 48.6. The molecule has 0 saturated carbocycles. The Morgan fingerprint density at radius 1 is 0.896 bits per heavy atom. The van der Waals surface area contributed by atoms with Gasteiger partial charge in [-0.2, -0.15) is 0 Å². The summed E-state index contributed by atoms with van der Waals surface area (Å²) in [7, 11) is 1.27. The number of carbonyl (C=O) groups is 6. The highest BCUT2D eigenvalue weighted by molar-refractivity contribution is 6.31. The highest BCUT2D eigenvalue weighted by atomic mass is 16.7. The van der Waals surface area contributed by atoms with Crippen LogP contribution in [0.5, 0.6) is 17.2 Å². The minimum atomic E-state index is -2.42. The topological polar surface area (TPSA) is 353 Å². The number of anilines is 1. The van der Waals surface area contributed by atoms with Crippen LogP contribution >= 0.6 is 0 Å². The van der Waals surface area contributed by atoms with Crippen LogP contribution in [-0.2, 0) is 51.0 Å². The molecule has 11 atom stereocenters. The molecule has 4 aliphatic rings. The first-order valence-electron chi connectivity index (χ1n) is 20.4. The molecule has 23 heteroatoms. The van der Waals surface area contributed by atoms with Crippen molar-refractivity contribution < 1.29 is 103 Å². The predicted molar refractivity (Wildman–Crippen MR) is 219 cm³/mol. The number of hydrogen-bond acceptors (Lipinski definition) is 21.